The summed E-state index contributed by atoms with van der Waals surface area (Å²) in [4.78, 5) is 38.4. The van der Waals surface area contributed by atoms with Crippen LogP contribution < -0.4 is 21.1 Å². The number of oxazole rings is 1. The lowest BCUT2D eigenvalue weighted by molar-refractivity contribution is -0.116. The first-order chi connectivity index (χ1) is 30.2. The van der Waals surface area contributed by atoms with Crippen molar-refractivity contribution < 1.29 is 28.2 Å². The Morgan fingerprint density at radius 1 is 0.857 bits per heavy atom. The van der Waals surface area contributed by atoms with Gasteiger partial charge in [0.1, 0.15) is 35.0 Å². The van der Waals surface area contributed by atoms with E-state index in [0.29, 0.717) is 86.2 Å². The van der Waals surface area contributed by atoms with Gasteiger partial charge in [0.25, 0.3) is 0 Å². The van der Waals surface area contributed by atoms with Gasteiger partial charge in [-0.15, -0.1) is 21.5 Å². The molecule has 0 saturated carbocycles. The zero-order valence-corrected chi connectivity index (χ0v) is 37.5. The second-order valence-corrected chi connectivity index (χ2v) is 16.1. The molecule has 0 fully saturated rings. The lowest BCUT2D eigenvalue weighted by Crippen LogP contribution is -2.17. The lowest BCUT2D eigenvalue weighted by atomic mass is 9.99. The Morgan fingerprint density at radius 3 is 2.29 bits per heavy atom. The van der Waals surface area contributed by atoms with Crippen molar-refractivity contribution in [3.8, 4) is 21.9 Å². The number of rotatable bonds is 19. The molecule has 4 aromatic heterocycles. The summed E-state index contributed by atoms with van der Waals surface area (Å²) >= 11 is 7.91. The monoisotopic (exact) mass is 910 g/mol. The van der Waals surface area contributed by atoms with Gasteiger partial charge in [-0.2, -0.15) is 13.5 Å². The lowest BCUT2D eigenvalue weighted by Gasteiger charge is -2.13. The molecular formula is C45H47ClN8O7S2. The predicted octanol–water partition coefficient (Wildman–Crippen LogP) is 7.98. The number of benzene rings is 3. The van der Waals surface area contributed by atoms with E-state index >= 15 is 0 Å². The first kappa shape index (κ1) is 45.2. The number of anilines is 2. The van der Waals surface area contributed by atoms with E-state index < -0.39 is 11.8 Å². The maximum atomic E-state index is 13.5. The van der Waals surface area contributed by atoms with E-state index in [4.69, 9.17) is 40.0 Å². The number of aliphatic imine (C=N–C) groups is 1. The number of hydrogen-bond donors (Lipinski definition) is 3. The Labute approximate surface area is 379 Å². The van der Waals surface area contributed by atoms with Crippen molar-refractivity contribution in [3.63, 3.8) is 0 Å². The molecule has 3 N–H and O–H groups in total. The third-order valence-corrected chi connectivity index (χ3v) is 11.6. The molecule has 0 spiro atoms. The van der Waals surface area contributed by atoms with Gasteiger partial charge in [-0.1, -0.05) is 29.8 Å². The molecule has 1 aliphatic rings. The maximum absolute atomic E-state index is 13.5. The summed E-state index contributed by atoms with van der Waals surface area (Å²) in [5, 5.41) is 16.8. The summed E-state index contributed by atoms with van der Waals surface area (Å²) in [6, 6.07) is 23.6. The number of hydrogen-bond acceptors (Lipinski definition) is 13. The van der Waals surface area contributed by atoms with E-state index in [0.717, 1.165) is 50.2 Å². The number of aromatic nitrogens is 5. The van der Waals surface area contributed by atoms with Crippen LogP contribution in [0.1, 0.15) is 45.7 Å². The van der Waals surface area contributed by atoms with Crippen molar-refractivity contribution >= 4 is 70.7 Å². The summed E-state index contributed by atoms with van der Waals surface area (Å²) in [6.07, 6.45) is 1.84. The van der Waals surface area contributed by atoms with Gasteiger partial charge in [-0.05, 0) is 92.6 Å². The van der Waals surface area contributed by atoms with Crippen molar-refractivity contribution in [1.29, 1.82) is 0 Å². The first-order valence-electron chi connectivity index (χ1n) is 20.2. The van der Waals surface area contributed by atoms with Gasteiger partial charge < -0.3 is 34.0 Å². The summed E-state index contributed by atoms with van der Waals surface area (Å²) in [7, 11) is 0. The molecule has 0 aliphatic carbocycles. The van der Waals surface area contributed by atoms with Gasteiger partial charge >= 0.3 is 5.76 Å². The molecule has 1 aliphatic heterocycles. The highest BCUT2D eigenvalue weighted by Gasteiger charge is 2.32. The number of aryl methyl sites for hydroxylation is 2. The fourth-order valence-electron chi connectivity index (χ4n) is 6.96. The smallest absolute Gasteiger partial charge is 0.417 e. The number of carbonyl (C=O) groups is 1. The molecule has 7 aromatic rings. The van der Waals surface area contributed by atoms with Gasteiger partial charge in [0, 0.05) is 45.0 Å². The normalized spacial score (nSPS) is 13.1. The highest BCUT2D eigenvalue weighted by molar-refractivity contribution is 7.59. The number of nitrogens with one attached hydrogen (secondary N) is 3. The molecule has 328 valence electrons. The summed E-state index contributed by atoms with van der Waals surface area (Å²) < 4.78 is 29.9. The van der Waals surface area contributed by atoms with Gasteiger partial charge in [0.05, 0.1) is 57.3 Å². The number of nitrogens with zero attached hydrogens (tertiary/aromatic N) is 5. The van der Waals surface area contributed by atoms with Crippen molar-refractivity contribution in [2.24, 2.45) is 4.99 Å². The number of fused-ring (bicyclic) bond motifs is 4. The molecule has 63 heavy (non-hydrogen) atoms. The zero-order chi connectivity index (χ0) is 43.0. The van der Waals surface area contributed by atoms with Crippen LogP contribution in [0.2, 0.25) is 5.02 Å². The SMILES string of the molecule is Cc1sc2c(c1C)C(c1ccc(Cl)cc1)=N[C@@H](CC(=O)Nc1ccc(OCCOCCOCCOCCNc3ccc(-c4ccc5[nH]c(=O)oc5c4)cn3)cc1)c1nnc(C)n1-2.S. The molecule has 0 bridgehead atoms. The van der Waals surface area contributed by atoms with Crippen LogP contribution in [-0.2, 0) is 19.0 Å². The van der Waals surface area contributed by atoms with Gasteiger partial charge in [0.15, 0.2) is 11.4 Å². The number of H-pyrrole nitrogens is 1. The Bertz CT molecular complexity index is 2730. The molecule has 0 radical (unpaired) electrons. The summed E-state index contributed by atoms with van der Waals surface area (Å²) in [5.41, 5.74) is 7.48. The van der Waals surface area contributed by atoms with Crippen LogP contribution in [0.4, 0.5) is 11.5 Å². The van der Waals surface area contributed by atoms with Crippen LogP contribution in [-0.4, -0.2) is 89.1 Å². The second-order valence-electron chi connectivity index (χ2n) is 14.5. The molecule has 15 nitrogen and oxygen atoms in total. The largest absolute Gasteiger partial charge is 0.491 e. The molecule has 8 rings (SSSR count). The average Bonchev–Trinajstić information content (AvgIpc) is 3.91. The molecule has 1 atom stereocenters. The Balaban J connectivity index is 0.00000595. The molecule has 18 heteroatoms. The number of carbonyl (C=O) groups excluding carboxylic acids is 1. The Hall–Kier alpha value is -5.82. The number of pyridine rings is 1. The first-order valence-corrected chi connectivity index (χ1v) is 21.3. The van der Waals surface area contributed by atoms with Crippen LogP contribution in [0.3, 0.4) is 0 Å². The number of amides is 1. The van der Waals surface area contributed by atoms with Crippen molar-refractivity contribution in [2.45, 2.75) is 33.2 Å². The highest BCUT2D eigenvalue weighted by atomic mass is 35.5. The predicted molar refractivity (Wildman–Crippen MR) is 250 cm³/mol. The summed E-state index contributed by atoms with van der Waals surface area (Å²) in [5.74, 6) is 2.07. The Morgan fingerprint density at radius 2 is 1.56 bits per heavy atom. The third-order valence-electron chi connectivity index (χ3n) is 10.2. The topological polar surface area (TPSA) is 180 Å². The number of halogens is 1. The number of ether oxygens (including phenoxy) is 4. The standard InChI is InChI=1S/C45H45ClN8O7S.H2S/c1-27-28(2)62-44-41(27)42(30-4-8-33(46)9-5-30)50-37(43-53-52-29(3)54(43)44)25-40(55)49-34-10-12-35(13-11-34)60-23-22-59-21-20-58-19-18-57-17-16-47-39-15-7-32(26-48-39)31-6-14-36-38(24-31)61-45(56)51-36;/h4-15,24,26,37H,16-23,25H2,1-3H3,(H,47,48)(H,49,55)(H,51,56);1H2/t37-;/m0./s1. The fraction of sp³-hybridized carbons (Fsp3) is 0.289. The fourth-order valence-corrected chi connectivity index (χ4v) is 8.30. The van der Waals surface area contributed by atoms with Crippen molar-refractivity contribution in [2.75, 3.05) is 63.4 Å². The number of aromatic amines is 1. The number of thiophene rings is 1. The van der Waals surface area contributed by atoms with Gasteiger partial charge in [-0.25, -0.2) is 9.78 Å². The zero-order valence-electron chi connectivity index (χ0n) is 34.9. The van der Waals surface area contributed by atoms with Gasteiger partial charge in [-0.3, -0.25) is 19.3 Å². The van der Waals surface area contributed by atoms with E-state index in [-0.39, 0.29) is 25.8 Å². The molecule has 1 amide bonds. The van der Waals surface area contributed by atoms with Crippen LogP contribution in [0.25, 0.3) is 27.2 Å². The quantitative estimate of drug-likeness (QED) is 0.0670. The minimum Gasteiger partial charge on any atom is -0.491 e. The minimum absolute atomic E-state index is 0. The van der Waals surface area contributed by atoms with Crippen LogP contribution >= 0.6 is 36.4 Å². The third kappa shape index (κ3) is 11.0. The molecule has 0 saturated heterocycles. The van der Waals surface area contributed by atoms with Crippen LogP contribution in [0.15, 0.2) is 99.3 Å². The van der Waals surface area contributed by atoms with Crippen LogP contribution in [0, 0.1) is 20.8 Å². The van der Waals surface area contributed by atoms with E-state index in [2.05, 4.69) is 44.6 Å². The second kappa shape index (κ2) is 21.0. The molecule has 3 aromatic carbocycles. The van der Waals surface area contributed by atoms with E-state index in [9.17, 15) is 9.59 Å². The Kier molecular flexibility index (Phi) is 15.1. The highest BCUT2D eigenvalue weighted by Crippen LogP contribution is 2.40. The van der Waals surface area contributed by atoms with E-state index in [1.165, 1.54) is 4.88 Å². The molecule has 5 heterocycles. The molecular weight excluding hydrogens is 864 g/mol. The van der Waals surface area contributed by atoms with Crippen LogP contribution in [0.5, 0.6) is 5.75 Å². The maximum Gasteiger partial charge on any atom is 0.417 e. The van der Waals surface area contributed by atoms with Gasteiger partial charge in [0.2, 0.25) is 5.91 Å². The minimum atomic E-state index is -0.571. The van der Waals surface area contributed by atoms with E-state index in [1.807, 2.05) is 78.2 Å². The molecule has 0 unspecified atom stereocenters. The average molecular weight is 912 g/mol. The van der Waals surface area contributed by atoms with Crippen molar-refractivity contribution in [3.05, 3.63) is 134 Å². The van der Waals surface area contributed by atoms with E-state index in [1.54, 1.807) is 29.7 Å². The van der Waals surface area contributed by atoms with Crippen molar-refractivity contribution in [1.82, 2.24) is 24.7 Å². The summed E-state index contributed by atoms with van der Waals surface area (Å²) in [6.45, 7) is 9.76.